The molecule has 0 bridgehead atoms. The first-order chi connectivity index (χ1) is 9.67. The molecule has 0 spiro atoms. The molecule has 1 fully saturated rings. The molecule has 2 rings (SSSR count). The Labute approximate surface area is 117 Å². The molecule has 1 saturated heterocycles. The maximum atomic E-state index is 11.1. The van der Waals surface area contributed by atoms with Gasteiger partial charge < -0.3 is 15.3 Å². The third-order valence-electron chi connectivity index (χ3n) is 3.51. The number of nitrogens with zero attached hydrogens (tertiary/aromatic N) is 4. The van der Waals surface area contributed by atoms with Gasteiger partial charge in [0.25, 0.3) is 0 Å². The lowest BCUT2D eigenvalue weighted by Gasteiger charge is -2.25. The Balaban J connectivity index is 2.31. The van der Waals surface area contributed by atoms with Crippen molar-refractivity contribution in [3.8, 4) is 0 Å². The van der Waals surface area contributed by atoms with Crippen molar-refractivity contribution in [3.05, 3.63) is 16.3 Å². The summed E-state index contributed by atoms with van der Waals surface area (Å²) in [4.78, 5) is 20.8. The van der Waals surface area contributed by atoms with E-state index >= 15 is 0 Å². The Hall–Kier alpha value is -1.96. The topological polar surface area (TPSA) is 104 Å². The van der Waals surface area contributed by atoms with Crippen LogP contribution in [0.15, 0.2) is 6.20 Å². The van der Waals surface area contributed by atoms with E-state index in [-0.39, 0.29) is 18.3 Å². The molecule has 0 aliphatic carbocycles. The molecule has 0 amide bonds. The molecule has 0 saturated carbocycles. The molecule has 2 heterocycles. The molecule has 1 aliphatic rings. The van der Waals surface area contributed by atoms with Crippen molar-refractivity contribution in [1.29, 1.82) is 0 Å². The summed E-state index contributed by atoms with van der Waals surface area (Å²) in [5.41, 5.74) is -0.0695. The first kappa shape index (κ1) is 14.4. The van der Waals surface area contributed by atoms with Gasteiger partial charge in [-0.2, -0.15) is 4.98 Å². The van der Waals surface area contributed by atoms with E-state index in [9.17, 15) is 10.1 Å². The van der Waals surface area contributed by atoms with Crippen LogP contribution in [0.2, 0.25) is 0 Å². The first-order valence-electron chi connectivity index (χ1n) is 6.74. The largest absolute Gasteiger partial charge is 0.396 e. The number of nitrogens with one attached hydrogen (secondary N) is 1. The predicted octanol–water partition coefficient (Wildman–Crippen LogP) is 1.17. The predicted molar refractivity (Wildman–Crippen MR) is 74.9 cm³/mol. The minimum Gasteiger partial charge on any atom is -0.396 e. The molecule has 1 atom stereocenters. The van der Waals surface area contributed by atoms with Crippen LogP contribution in [-0.2, 0) is 0 Å². The van der Waals surface area contributed by atoms with E-state index in [4.69, 9.17) is 5.11 Å². The Bertz CT molecular complexity index is 482. The zero-order valence-corrected chi connectivity index (χ0v) is 11.4. The molecule has 20 heavy (non-hydrogen) atoms. The van der Waals surface area contributed by atoms with Gasteiger partial charge in [-0.25, -0.2) is 4.98 Å². The summed E-state index contributed by atoms with van der Waals surface area (Å²) in [5, 5.41) is 22.9. The van der Waals surface area contributed by atoms with E-state index in [1.54, 1.807) is 7.05 Å². The van der Waals surface area contributed by atoms with Crippen molar-refractivity contribution < 1.29 is 10.0 Å². The van der Waals surface area contributed by atoms with Crippen molar-refractivity contribution in [3.63, 3.8) is 0 Å². The third-order valence-corrected chi connectivity index (χ3v) is 3.51. The van der Waals surface area contributed by atoms with Crippen LogP contribution in [-0.4, -0.2) is 46.2 Å². The lowest BCUT2D eigenvalue weighted by Crippen LogP contribution is -2.31. The van der Waals surface area contributed by atoms with Crippen molar-refractivity contribution in [2.45, 2.75) is 31.7 Å². The summed E-state index contributed by atoms with van der Waals surface area (Å²) in [6.07, 6.45) is 4.70. The van der Waals surface area contributed by atoms with Crippen molar-refractivity contribution >= 4 is 17.5 Å². The van der Waals surface area contributed by atoms with Gasteiger partial charge in [0.1, 0.15) is 6.20 Å². The highest BCUT2D eigenvalue weighted by molar-refractivity contribution is 5.60. The third kappa shape index (κ3) is 2.96. The van der Waals surface area contributed by atoms with Crippen molar-refractivity contribution in [1.82, 2.24) is 9.97 Å². The maximum absolute atomic E-state index is 11.1. The molecule has 110 valence electrons. The minimum atomic E-state index is -0.448. The SMILES string of the molecule is CNc1ncc([N+](=O)[O-])c(N2CCCC2CCCO)n1. The van der Waals surface area contributed by atoms with E-state index in [0.717, 1.165) is 25.8 Å². The highest BCUT2D eigenvalue weighted by Crippen LogP contribution is 2.33. The van der Waals surface area contributed by atoms with Crippen LogP contribution < -0.4 is 10.2 Å². The van der Waals surface area contributed by atoms with Crippen LogP contribution in [0.3, 0.4) is 0 Å². The fraction of sp³-hybridized carbons (Fsp3) is 0.667. The van der Waals surface area contributed by atoms with E-state index in [2.05, 4.69) is 15.3 Å². The molecule has 8 nitrogen and oxygen atoms in total. The standard InChI is InChI=1S/C12H19N5O3/c1-13-12-14-8-10(17(19)20)11(15-12)16-6-2-4-9(16)5-3-7-18/h8-9,18H,2-7H2,1H3,(H,13,14,15). The molecule has 1 unspecified atom stereocenters. The Kier molecular flexibility index (Phi) is 4.67. The summed E-state index contributed by atoms with van der Waals surface area (Å²) in [5.74, 6) is 0.744. The smallest absolute Gasteiger partial charge is 0.329 e. The number of aliphatic hydroxyl groups is 1. The molecule has 0 aromatic carbocycles. The Morgan fingerprint density at radius 3 is 3.10 bits per heavy atom. The number of nitro groups is 1. The molecular weight excluding hydrogens is 262 g/mol. The fourth-order valence-electron chi connectivity index (χ4n) is 2.57. The lowest BCUT2D eigenvalue weighted by atomic mass is 10.1. The van der Waals surface area contributed by atoms with Crippen LogP contribution in [0.5, 0.6) is 0 Å². The molecular formula is C12H19N5O3. The second kappa shape index (κ2) is 6.47. The van der Waals surface area contributed by atoms with Gasteiger partial charge in [-0.3, -0.25) is 10.1 Å². The number of aliphatic hydroxyl groups excluding tert-OH is 1. The molecule has 1 aromatic rings. The van der Waals surface area contributed by atoms with Crippen LogP contribution in [0.1, 0.15) is 25.7 Å². The average molecular weight is 281 g/mol. The summed E-state index contributed by atoms with van der Waals surface area (Å²) in [6.45, 7) is 0.884. The summed E-state index contributed by atoms with van der Waals surface area (Å²) < 4.78 is 0. The van der Waals surface area contributed by atoms with E-state index in [0.29, 0.717) is 18.2 Å². The van der Waals surface area contributed by atoms with Gasteiger partial charge in [0.2, 0.25) is 11.8 Å². The van der Waals surface area contributed by atoms with Crippen LogP contribution in [0, 0.1) is 10.1 Å². The molecule has 1 aliphatic heterocycles. The number of aromatic nitrogens is 2. The average Bonchev–Trinajstić information content (AvgIpc) is 2.92. The van der Waals surface area contributed by atoms with Gasteiger partial charge >= 0.3 is 5.69 Å². The summed E-state index contributed by atoms with van der Waals surface area (Å²) in [6, 6.07) is 0.195. The number of anilines is 2. The van der Waals surface area contributed by atoms with E-state index in [1.807, 2.05) is 4.90 Å². The normalized spacial score (nSPS) is 18.3. The lowest BCUT2D eigenvalue weighted by molar-refractivity contribution is -0.384. The monoisotopic (exact) mass is 281 g/mol. The summed E-state index contributed by atoms with van der Waals surface area (Å²) in [7, 11) is 1.68. The highest BCUT2D eigenvalue weighted by atomic mass is 16.6. The highest BCUT2D eigenvalue weighted by Gasteiger charge is 2.31. The molecule has 8 heteroatoms. The van der Waals surface area contributed by atoms with E-state index < -0.39 is 4.92 Å². The second-order valence-corrected chi connectivity index (χ2v) is 4.76. The Morgan fingerprint density at radius 1 is 1.65 bits per heavy atom. The van der Waals surface area contributed by atoms with Crippen LogP contribution in [0.4, 0.5) is 17.5 Å². The molecule has 1 aromatic heterocycles. The van der Waals surface area contributed by atoms with Crippen LogP contribution in [0.25, 0.3) is 0 Å². The number of rotatable bonds is 6. The van der Waals surface area contributed by atoms with Crippen LogP contribution >= 0.6 is 0 Å². The quantitative estimate of drug-likeness (QED) is 0.595. The maximum Gasteiger partial charge on any atom is 0.329 e. The molecule has 2 N–H and O–H groups in total. The van der Waals surface area contributed by atoms with Gasteiger partial charge in [0.15, 0.2) is 0 Å². The van der Waals surface area contributed by atoms with Crippen molar-refractivity contribution in [2.24, 2.45) is 0 Å². The molecule has 0 radical (unpaired) electrons. The van der Waals surface area contributed by atoms with Gasteiger partial charge in [-0.05, 0) is 25.7 Å². The zero-order chi connectivity index (χ0) is 14.5. The van der Waals surface area contributed by atoms with Gasteiger partial charge in [0.05, 0.1) is 4.92 Å². The summed E-state index contributed by atoms with van der Waals surface area (Å²) >= 11 is 0. The first-order valence-corrected chi connectivity index (χ1v) is 6.74. The minimum absolute atomic E-state index is 0.0695. The van der Waals surface area contributed by atoms with Gasteiger partial charge in [-0.15, -0.1) is 0 Å². The van der Waals surface area contributed by atoms with Crippen molar-refractivity contribution in [2.75, 3.05) is 30.4 Å². The van der Waals surface area contributed by atoms with Gasteiger partial charge in [0, 0.05) is 26.2 Å². The van der Waals surface area contributed by atoms with Gasteiger partial charge in [-0.1, -0.05) is 0 Å². The second-order valence-electron chi connectivity index (χ2n) is 4.76. The van der Waals surface area contributed by atoms with E-state index in [1.165, 1.54) is 6.20 Å². The zero-order valence-electron chi connectivity index (χ0n) is 11.4. The Morgan fingerprint density at radius 2 is 2.45 bits per heavy atom. The fourth-order valence-corrected chi connectivity index (χ4v) is 2.57. The number of hydrogen-bond donors (Lipinski definition) is 2. The number of hydrogen-bond acceptors (Lipinski definition) is 7.